The fourth-order valence-corrected chi connectivity index (χ4v) is 1.18. The molecule has 15 heavy (non-hydrogen) atoms. The van der Waals surface area contributed by atoms with E-state index < -0.39 is 13.6 Å². The molecule has 0 spiro atoms. The van der Waals surface area contributed by atoms with Crippen molar-refractivity contribution in [3.63, 3.8) is 0 Å². The Morgan fingerprint density at radius 2 is 2.13 bits per heavy atom. The highest BCUT2D eigenvalue weighted by atomic mass is 31.2. The summed E-state index contributed by atoms with van der Waals surface area (Å²) >= 11 is 0. The van der Waals surface area contributed by atoms with Crippen LogP contribution in [0.5, 0.6) is 5.75 Å². The van der Waals surface area contributed by atoms with Crippen molar-refractivity contribution in [3.8, 4) is 5.75 Å². The maximum atomic E-state index is 13.2. The van der Waals surface area contributed by atoms with Crippen molar-refractivity contribution in [2.45, 2.75) is 0 Å². The first-order valence-corrected chi connectivity index (χ1v) is 5.46. The summed E-state index contributed by atoms with van der Waals surface area (Å²) in [6.45, 7) is 0. The van der Waals surface area contributed by atoms with Crippen LogP contribution in [0.15, 0.2) is 18.2 Å². The highest BCUT2D eigenvalue weighted by molar-refractivity contribution is 7.49. The van der Waals surface area contributed by atoms with Crippen LogP contribution in [0.2, 0.25) is 0 Å². The Hall–Kier alpha value is -1.14. The second kappa shape index (κ2) is 4.59. The summed E-state index contributed by atoms with van der Waals surface area (Å²) < 4.78 is 28.4. The van der Waals surface area contributed by atoms with Gasteiger partial charge < -0.3 is 19.9 Å². The van der Waals surface area contributed by atoms with Gasteiger partial charge in [0.05, 0.1) is 7.11 Å². The molecule has 0 aliphatic heterocycles. The Labute approximate surface area is 85.3 Å². The maximum Gasteiger partial charge on any atom is 0.417 e. The lowest BCUT2D eigenvalue weighted by atomic mass is 10.3. The number of hydrazine groups is 1. The molecule has 0 radical (unpaired) electrons. The second-order valence-corrected chi connectivity index (χ2v) is 3.91. The largest absolute Gasteiger partial charge is 0.494 e. The van der Waals surface area contributed by atoms with Gasteiger partial charge >= 0.3 is 7.75 Å². The smallest absolute Gasteiger partial charge is 0.417 e. The molecule has 0 saturated carbocycles. The third-order valence-electron chi connectivity index (χ3n) is 1.52. The molecule has 0 saturated heterocycles. The van der Waals surface area contributed by atoms with Gasteiger partial charge in [0.1, 0.15) is 11.4 Å². The zero-order chi connectivity index (χ0) is 11.5. The molecular formula is C7H10FN2O4P. The molecule has 0 bridgehead atoms. The average molecular weight is 236 g/mol. The summed E-state index contributed by atoms with van der Waals surface area (Å²) in [6.07, 6.45) is 0. The number of hydrogen-bond donors (Lipinski definition) is 4. The van der Waals surface area contributed by atoms with Gasteiger partial charge in [-0.3, -0.25) is 0 Å². The molecule has 0 fully saturated rings. The normalized spacial score (nSPS) is 11.2. The van der Waals surface area contributed by atoms with Gasteiger partial charge in [-0.1, -0.05) is 6.07 Å². The van der Waals surface area contributed by atoms with E-state index in [0.29, 0.717) is 0 Å². The number of rotatable bonds is 4. The van der Waals surface area contributed by atoms with E-state index in [2.05, 4.69) is 5.43 Å². The van der Waals surface area contributed by atoms with E-state index in [4.69, 9.17) is 14.5 Å². The third-order valence-corrected chi connectivity index (χ3v) is 1.92. The quantitative estimate of drug-likeness (QED) is 0.457. The first kappa shape index (κ1) is 11.9. The number of para-hydroxylation sites is 1. The van der Waals surface area contributed by atoms with Gasteiger partial charge in [0.2, 0.25) is 0 Å². The number of ether oxygens (including phenoxy) is 1. The van der Waals surface area contributed by atoms with Crippen molar-refractivity contribution in [2.75, 3.05) is 12.5 Å². The molecule has 1 rings (SSSR count). The van der Waals surface area contributed by atoms with Crippen molar-refractivity contribution >= 4 is 13.4 Å². The highest BCUT2D eigenvalue weighted by Crippen LogP contribution is 2.31. The molecule has 84 valence electrons. The lowest BCUT2D eigenvalue weighted by Gasteiger charge is -2.13. The first-order chi connectivity index (χ1) is 6.94. The molecule has 1 aromatic rings. The monoisotopic (exact) mass is 236 g/mol. The van der Waals surface area contributed by atoms with Gasteiger partial charge in [-0.25, -0.2) is 8.96 Å². The van der Waals surface area contributed by atoms with Crippen LogP contribution in [0.25, 0.3) is 0 Å². The Bertz CT molecular complexity index is 395. The van der Waals surface area contributed by atoms with Crippen LogP contribution in [0, 0.1) is 5.82 Å². The van der Waals surface area contributed by atoms with E-state index in [1.54, 1.807) is 5.20 Å². The van der Waals surface area contributed by atoms with Crippen LogP contribution in [0.1, 0.15) is 0 Å². The van der Waals surface area contributed by atoms with Crippen LogP contribution in [0.3, 0.4) is 0 Å². The van der Waals surface area contributed by atoms with Crippen molar-refractivity contribution in [3.05, 3.63) is 24.0 Å². The molecule has 1 aromatic carbocycles. The van der Waals surface area contributed by atoms with E-state index >= 15 is 0 Å². The number of hydrogen-bond acceptors (Lipinski definition) is 3. The number of halogens is 1. The van der Waals surface area contributed by atoms with Gasteiger partial charge in [0.25, 0.3) is 0 Å². The van der Waals surface area contributed by atoms with E-state index in [9.17, 15) is 8.96 Å². The van der Waals surface area contributed by atoms with E-state index in [0.717, 1.165) is 6.07 Å². The number of anilines is 1. The molecular weight excluding hydrogens is 226 g/mol. The Balaban J connectivity index is 2.88. The van der Waals surface area contributed by atoms with Gasteiger partial charge in [0, 0.05) is 0 Å². The van der Waals surface area contributed by atoms with E-state index in [1.165, 1.54) is 19.2 Å². The predicted molar refractivity (Wildman–Crippen MR) is 51.8 cm³/mol. The van der Waals surface area contributed by atoms with Crippen LogP contribution in [0.4, 0.5) is 10.1 Å². The number of nitrogens with one attached hydrogen (secondary N) is 2. The minimum Gasteiger partial charge on any atom is -0.494 e. The fraction of sp³-hybridized carbons (Fsp3) is 0.143. The molecule has 0 heterocycles. The van der Waals surface area contributed by atoms with Crippen LogP contribution in [-0.2, 0) is 4.57 Å². The van der Waals surface area contributed by atoms with Gasteiger partial charge in [-0.05, 0) is 12.1 Å². The van der Waals surface area contributed by atoms with E-state index in [-0.39, 0.29) is 11.4 Å². The van der Waals surface area contributed by atoms with Crippen LogP contribution < -0.4 is 15.4 Å². The van der Waals surface area contributed by atoms with Crippen molar-refractivity contribution in [1.29, 1.82) is 0 Å². The third kappa shape index (κ3) is 3.49. The zero-order valence-electron chi connectivity index (χ0n) is 7.77. The highest BCUT2D eigenvalue weighted by Gasteiger charge is 2.15. The molecule has 6 nitrogen and oxygen atoms in total. The Kier molecular flexibility index (Phi) is 3.65. The molecule has 0 aliphatic carbocycles. The summed E-state index contributed by atoms with van der Waals surface area (Å²) in [5, 5.41) is 1.65. The van der Waals surface area contributed by atoms with Crippen LogP contribution in [-0.4, -0.2) is 16.9 Å². The molecule has 0 amide bonds. The number of methoxy groups -OCH3 is 1. The van der Waals surface area contributed by atoms with Gasteiger partial charge in [-0.2, -0.15) is 0 Å². The average Bonchev–Trinajstić information content (AvgIpc) is 2.14. The maximum absolute atomic E-state index is 13.2. The Morgan fingerprint density at radius 1 is 1.47 bits per heavy atom. The summed E-state index contributed by atoms with van der Waals surface area (Å²) in [4.78, 5) is 17.0. The standard InChI is InChI=1S/C7H10FN2O4P/c1-14-6-4-2-3-5(8)7(6)9-10-15(11,12)13/h2-4,9H,1H3,(H3,10,11,12,13). The van der Waals surface area contributed by atoms with E-state index in [1.807, 2.05) is 0 Å². The Morgan fingerprint density at radius 3 is 2.67 bits per heavy atom. The molecule has 0 aromatic heterocycles. The topological polar surface area (TPSA) is 90.8 Å². The van der Waals surface area contributed by atoms with Crippen LogP contribution >= 0.6 is 7.75 Å². The SMILES string of the molecule is COc1cccc(F)c1NNP(=O)(O)O. The lowest BCUT2D eigenvalue weighted by molar-refractivity contribution is 0.361. The summed E-state index contributed by atoms with van der Waals surface area (Å²) in [5.74, 6) is -0.550. The second-order valence-electron chi connectivity index (χ2n) is 2.60. The van der Waals surface area contributed by atoms with Crippen molar-refractivity contribution in [2.24, 2.45) is 0 Å². The molecule has 0 atom stereocenters. The van der Waals surface area contributed by atoms with Gasteiger partial charge in [0.15, 0.2) is 5.82 Å². The van der Waals surface area contributed by atoms with Crippen molar-refractivity contribution in [1.82, 2.24) is 5.20 Å². The number of benzene rings is 1. The molecule has 4 N–H and O–H groups in total. The molecule has 0 unspecified atom stereocenters. The van der Waals surface area contributed by atoms with Gasteiger partial charge in [-0.15, -0.1) is 5.20 Å². The lowest BCUT2D eigenvalue weighted by Crippen LogP contribution is -2.19. The molecule has 8 heteroatoms. The summed E-state index contributed by atoms with van der Waals surface area (Å²) in [6, 6.07) is 4.00. The first-order valence-electron chi connectivity index (χ1n) is 3.85. The predicted octanol–water partition coefficient (Wildman–Crippen LogP) is 0.843. The summed E-state index contributed by atoms with van der Waals surface area (Å²) in [5.41, 5.74) is 1.90. The minimum atomic E-state index is -4.46. The zero-order valence-corrected chi connectivity index (χ0v) is 8.66. The minimum absolute atomic E-state index is 0.135. The summed E-state index contributed by atoms with van der Waals surface area (Å²) in [7, 11) is -3.15. The fourth-order valence-electron chi connectivity index (χ4n) is 0.924. The van der Waals surface area contributed by atoms with Crippen molar-refractivity contribution < 1.29 is 23.5 Å². The molecule has 0 aliphatic rings.